The molecule has 0 aliphatic heterocycles. The molecule has 1 atom stereocenters. The summed E-state index contributed by atoms with van der Waals surface area (Å²) < 4.78 is 5.70. The molecule has 0 unspecified atom stereocenters. The predicted molar refractivity (Wildman–Crippen MR) is 75.6 cm³/mol. The molecule has 0 radical (unpaired) electrons. The summed E-state index contributed by atoms with van der Waals surface area (Å²) >= 11 is 0. The summed E-state index contributed by atoms with van der Waals surface area (Å²) in [7, 11) is 8.67. The first-order chi connectivity index (χ1) is 8.49. The fourth-order valence-electron chi connectivity index (χ4n) is 1.65. The molecule has 1 aromatic rings. The lowest BCUT2D eigenvalue weighted by Gasteiger charge is -2.17. The molecular weight excluding hydrogens is 224 g/mol. The molecule has 0 fully saturated rings. The average molecular weight is 252 g/mol. The van der Waals surface area contributed by atoms with E-state index in [0.29, 0.717) is 6.04 Å². The average Bonchev–Trinajstić information content (AvgIpc) is 2.30. The summed E-state index contributed by atoms with van der Waals surface area (Å²) in [5.41, 5.74) is 1.38. The second-order valence-electron chi connectivity index (χ2n) is 5.63. The standard InChI is InChI=1S/C15H26N2O/c1-13(17(4)5)12-14-6-8-15(9-7-14)18-11-10-16(2)3/h6-9,13H,10-12H2,1-5H3/p+2/t13-/m0/s1. The van der Waals surface area contributed by atoms with Crippen molar-refractivity contribution >= 4 is 0 Å². The van der Waals surface area contributed by atoms with Crippen molar-refractivity contribution in [2.75, 3.05) is 41.3 Å². The fourth-order valence-corrected chi connectivity index (χ4v) is 1.65. The fraction of sp³-hybridized carbons (Fsp3) is 0.600. The van der Waals surface area contributed by atoms with Crippen molar-refractivity contribution in [1.29, 1.82) is 0 Å². The number of hydrogen-bond donors (Lipinski definition) is 2. The highest BCUT2D eigenvalue weighted by molar-refractivity contribution is 5.27. The van der Waals surface area contributed by atoms with Crippen LogP contribution >= 0.6 is 0 Å². The van der Waals surface area contributed by atoms with Crippen molar-refractivity contribution in [3.05, 3.63) is 29.8 Å². The lowest BCUT2D eigenvalue weighted by atomic mass is 10.1. The first-order valence-electron chi connectivity index (χ1n) is 6.80. The smallest absolute Gasteiger partial charge is 0.137 e. The molecule has 2 N–H and O–H groups in total. The molecule has 0 saturated carbocycles. The Morgan fingerprint density at radius 1 is 1.06 bits per heavy atom. The Kier molecular flexibility index (Phi) is 6.16. The van der Waals surface area contributed by atoms with E-state index < -0.39 is 0 Å². The maximum Gasteiger partial charge on any atom is 0.137 e. The zero-order valence-corrected chi connectivity index (χ0v) is 12.4. The normalized spacial score (nSPS) is 13.1. The summed E-state index contributed by atoms with van der Waals surface area (Å²) in [6.45, 7) is 4.09. The molecule has 0 aromatic heterocycles. The van der Waals surface area contributed by atoms with Crippen LogP contribution in [0.3, 0.4) is 0 Å². The van der Waals surface area contributed by atoms with Gasteiger partial charge in [0.05, 0.1) is 34.2 Å². The third kappa shape index (κ3) is 5.52. The minimum absolute atomic E-state index is 0.647. The Hall–Kier alpha value is -1.06. The van der Waals surface area contributed by atoms with E-state index in [1.165, 1.54) is 15.4 Å². The summed E-state index contributed by atoms with van der Waals surface area (Å²) in [4.78, 5) is 2.90. The quantitative estimate of drug-likeness (QED) is 0.656. The van der Waals surface area contributed by atoms with Crippen molar-refractivity contribution < 1.29 is 14.5 Å². The van der Waals surface area contributed by atoms with Crippen molar-refractivity contribution in [3.63, 3.8) is 0 Å². The van der Waals surface area contributed by atoms with E-state index in [-0.39, 0.29) is 0 Å². The molecule has 102 valence electrons. The van der Waals surface area contributed by atoms with Gasteiger partial charge in [-0.3, -0.25) is 0 Å². The van der Waals surface area contributed by atoms with Crippen LogP contribution in [0.1, 0.15) is 12.5 Å². The molecule has 1 aromatic carbocycles. The van der Waals surface area contributed by atoms with Crippen LogP contribution < -0.4 is 14.5 Å². The predicted octanol–water partition coefficient (Wildman–Crippen LogP) is -0.715. The number of rotatable bonds is 7. The van der Waals surface area contributed by atoms with E-state index in [9.17, 15) is 0 Å². The van der Waals surface area contributed by atoms with Gasteiger partial charge in [0.2, 0.25) is 0 Å². The van der Waals surface area contributed by atoms with Gasteiger partial charge >= 0.3 is 0 Å². The Labute approximate surface area is 111 Å². The molecule has 0 heterocycles. The molecule has 0 aliphatic carbocycles. The summed E-state index contributed by atoms with van der Waals surface area (Å²) in [6, 6.07) is 9.17. The molecule has 0 aliphatic rings. The Morgan fingerprint density at radius 2 is 1.67 bits per heavy atom. The topological polar surface area (TPSA) is 18.1 Å². The Balaban J connectivity index is 2.42. The molecule has 3 nitrogen and oxygen atoms in total. The summed E-state index contributed by atoms with van der Waals surface area (Å²) in [5, 5.41) is 0. The van der Waals surface area contributed by atoms with Gasteiger partial charge in [-0.05, 0) is 24.6 Å². The number of benzene rings is 1. The van der Waals surface area contributed by atoms with Gasteiger partial charge in [-0.25, -0.2) is 0 Å². The van der Waals surface area contributed by atoms with Gasteiger partial charge < -0.3 is 14.5 Å². The maximum absolute atomic E-state index is 5.70. The minimum atomic E-state index is 0.647. The van der Waals surface area contributed by atoms with E-state index in [2.05, 4.69) is 59.4 Å². The van der Waals surface area contributed by atoms with Crippen LogP contribution in [0.2, 0.25) is 0 Å². The van der Waals surface area contributed by atoms with Crippen molar-refractivity contribution in [2.24, 2.45) is 0 Å². The van der Waals surface area contributed by atoms with Crippen LogP contribution in [0, 0.1) is 0 Å². The van der Waals surface area contributed by atoms with Crippen LogP contribution in [-0.2, 0) is 6.42 Å². The van der Waals surface area contributed by atoms with E-state index in [4.69, 9.17) is 4.74 Å². The maximum atomic E-state index is 5.70. The first-order valence-corrected chi connectivity index (χ1v) is 6.80. The highest BCUT2D eigenvalue weighted by Crippen LogP contribution is 2.12. The van der Waals surface area contributed by atoms with Crippen molar-refractivity contribution in [1.82, 2.24) is 0 Å². The molecule has 1 rings (SSSR count). The van der Waals surface area contributed by atoms with Gasteiger partial charge in [0, 0.05) is 6.42 Å². The van der Waals surface area contributed by atoms with Crippen LogP contribution in [0.15, 0.2) is 24.3 Å². The molecule has 0 amide bonds. The van der Waals surface area contributed by atoms with Crippen molar-refractivity contribution in [2.45, 2.75) is 19.4 Å². The number of nitrogens with one attached hydrogen (secondary N) is 2. The Morgan fingerprint density at radius 3 is 2.17 bits per heavy atom. The van der Waals surface area contributed by atoms with E-state index in [0.717, 1.165) is 25.3 Å². The number of hydrogen-bond acceptors (Lipinski definition) is 1. The third-order valence-corrected chi connectivity index (χ3v) is 3.32. The minimum Gasteiger partial charge on any atom is -0.488 e. The lowest BCUT2D eigenvalue weighted by molar-refractivity contribution is -0.883. The number of quaternary nitrogens is 2. The van der Waals surface area contributed by atoms with Gasteiger partial charge in [0.1, 0.15) is 18.9 Å². The monoisotopic (exact) mass is 252 g/mol. The molecule has 18 heavy (non-hydrogen) atoms. The molecule has 0 saturated heterocycles. The van der Waals surface area contributed by atoms with E-state index in [1.807, 2.05) is 0 Å². The third-order valence-electron chi connectivity index (χ3n) is 3.32. The van der Waals surface area contributed by atoms with Crippen LogP contribution in [0.25, 0.3) is 0 Å². The van der Waals surface area contributed by atoms with Gasteiger partial charge in [0.15, 0.2) is 0 Å². The van der Waals surface area contributed by atoms with Crippen LogP contribution in [0.4, 0.5) is 0 Å². The highest BCUT2D eigenvalue weighted by Gasteiger charge is 2.08. The second-order valence-corrected chi connectivity index (χ2v) is 5.63. The largest absolute Gasteiger partial charge is 0.488 e. The zero-order chi connectivity index (χ0) is 13.5. The summed E-state index contributed by atoms with van der Waals surface area (Å²) in [5.74, 6) is 0.977. The number of likely N-dealkylation sites (N-methyl/N-ethyl adjacent to an activating group) is 2. The molecular formula is C15H28N2O+2. The zero-order valence-electron chi connectivity index (χ0n) is 12.4. The van der Waals surface area contributed by atoms with Gasteiger partial charge in [-0.15, -0.1) is 0 Å². The van der Waals surface area contributed by atoms with Gasteiger partial charge in [-0.1, -0.05) is 12.1 Å². The second kappa shape index (κ2) is 7.39. The van der Waals surface area contributed by atoms with E-state index >= 15 is 0 Å². The van der Waals surface area contributed by atoms with Crippen molar-refractivity contribution in [3.8, 4) is 5.75 Å². The summed E-state index contributed by atoms with van der Waals surface area (Å²) in [6.07, 6.45) is 1.12. The lowest BCUT2D eigenvalue weighted by Crippen LogP contribution is -3.09. The molecule has 3 heteroatoms. The SMILES string of the molecule is C[C@@H](Cc1ccc(OCC[NH+](C)C)cc1)[NH+](C)C. The molecule has 0 spiro atoms. The molecule has 0 bridgehead atoms. The van der Waals surface area contributed by atoms with E-state index in [1.54, 1.807) is 0 Å². The van der Waals surface area contributed by atoms with Crippen LogP contribution in [0.5, 0.6) is 5.75 Å². The van der Waals surface area contributed by atoms with Crippen LogP contribution in [-0.4, -0.2) is 47.4 Å². The number of ether oxygens (including phenoxy) is 1. The van der Waals surface area contributed by atoms with Gasteiger partial charge in [0.25, 0.3) is 0 Å². The van der Waals surface area contributed by atoms with Gasteiger partial charge in [-0.2, -0.15) is 0 Å². The first kappa shape index (κ1) is 15.0. The highest BCUT2D eigenvalue weighted by atomic mass is 16.5. The Bertz CT molecular complexity index is 333.